The van der Waals surface area contributed by atoms with Gasteiger partial charge < -0.3 is 14.6 Å². The highest BCUT2D eigenvalue weighted by molar-refractivity contribution is 5.86. The van der Waals surface area contributed by atoms with Crippen LogP contribution in [-0.4, -0.2) is 23.1 Å². The van der Waals surface area contributed by atoms with Crippen molar-refractivity contribution in [1.82, 2.24) is 0 Å². The highest BCUT2D eigenvalue weighted by Crippen LogP contribution is 2.75. The molecule has 2 aromatic carbocycles. The van der Waals surface area contributed by atoms with Crippen LogP contribution in [0.15, 0.2) is 66.7 Å². The van der Waals surface area contributed by atoms with Gasteiger partial charge in [-0.3, -0.25) is 4.79 Å². The van der Waals surface area contributed by atoms with Gasteiger partial charge in [0, 0.05) is 12.0 Å². The Labute approximate surface area is 199 Å². The van der Waals surface area contributed by atoms with Crippen molar-refractivity contribution >= 4 is 11.9 Å². The molecule has 2 aromatic rings. The number of hydrogen-bond donors (Lipinski definition) is 1. The molecule has 4 rings (SSSR count). The lowest BCUT2D eigenvalue weighted by molar-refractivity contribution is -0.146. The van der Waals surface area contributed by atoms with Crippen molar-refractivity contribution in [2.24, 2.45) is 22.7 Å². The van der Waals surface area contributed by atoms with E-state index in [2.05, 4.69) is 6.07 Å². The van der Waals surface area contributed by atoms with Crippen LogP contribution >= 0.6 is 0 Å². The van der Waals surface area contributed by atoms with E-state index in [1.807, 2.05) is 51.1 Å². The minimum absolute atomic E-state index is 0.146. The monoisotopic (exact) mass is 459 g/mol. The Hall–Kier alpha value is -3.59. The Morgan fingerprint density at radius 1 is 1.12 bits per heavy atom. The van der Waals surface area contributed by atoms with E-state index in [-0.39, 0.29) is 6.10 Å². The van der Waals surface area contributed by atoms with Gasteiger partial charge in [-0.05, 0) is 60.9 Å². The number of para-hydroxylation sites is 1. The molecule has 0 aliphatic heterocycles. The molecule has 0 spiro atoms. The summed E-state index contributed by atoms with van der Waals surface area (Å²) in [7, 11) is 0. The van der Waals surface area contributed by atoms with E-state index >= 15 is 0 Å². The first kappa shape index (κ1) is 23.6. The second kappa shape index (κ2) is 8.98. The summed E-state index contributed by atoms with van der Waals surface area (Å²) in [6.45, 7) is 5.52. The van der Waals surface area contributed by atoms with Gasteiger partial charge in [-0.25, -0.2) is 4.79 Å². The summed E-state index contributed by atoms with van der Waals surface area (Å²) in [6, 6.07) is 18.5. The summed E-state index contributed by atoms with van der Waals surface area (Å²) in [5.74, 6) is -1.40. The molecule has 6 heteroatoms. The van der Waals surface area contributed by atoms with Gasteiger partial charge in [0.2, 0.25) is 0 Å². The lowest BCUT2D eigenvalue weighted by Gasteiger charge is -2.22. The molecule has 2 fully saturated rings. The molecule has 34 heavy (non-hydrogen) atoms. The normalized spacial score (nSPS) is 24.6. The molecule has 1 N–H and O–H groups in total. The second-order valence-corrected chi connectivity index (χ2v) is 9.76. The van der Waals surface area contributed by atoms with Crippen molar-refractivity contribution in [3.8, 4) is 17.6 Å². The van der Waals surface area contributed by atoms with Gasteiger partial charge in [0.25, 0.3) is 0 Å². The number of rotatable bonds is 9. The fourth-order valence-electron chi connectivity index (χ4n) is 5.19. The van der Waals surface area contributed by atoms with Crippen molar-refractivity contribution in [2.45, 2.75) is 45.6 Å². The van der Waals surface area contributed by atoms with E-state index in [0.29, 0.717) is 23.0 Å². The van der Waals surface area contributed by atoms with E-state index in [1.165, 1.54) is 6.08 Å². The number of carboxylic acid groups (broad SMARTS) is 1. The van der Waals surface area contributed by atoms with Crippen molar-refractivity contribution in [1.29, 1.82) is 5.26 Å². The van der Waals surface area contributed by atoms with Crippen molar-refractivity contribution in [2.75, 3.05) is 0 Å². The fourth-order valence-corrected chi connectivity index (χ4v) is 5.19. The van der Waals surface area contributed by atoms with Crippen molar-refractivity contribution in [3.63, 3.8) is 0 Å². The quantitative estimate of drug-likeness (QED) is 0.381. The van der Waals surface area contributed by atoms with E-state index < -0.39 is 34.6 Å². The van der Waals surface area contributed by atoms with Crippen LogP contribution < -0.4 is 4.74 Å². The summed E-state index contributed by atoms with van der Waals surface area (Å²) in [5.41, 5.74) is -1.56. The number of carbonyl (C=O) groups excluding carboxylic acids is 1. The maximum atomic E-state index is 12.6. The number of benzene rings is 2. The summed E-state index contributed by atoms with van der Waals surface area (Å²) < 4.78 is 11.3. The second-order valence-electron chi connectivity index (χ2n) is 9.76. The summed E-state index contributed by atoms with van der Waals surface area (Å²) in [4.78, 5) is 24.9. The van der Waals surface area contributed by atoms with Crippen LogP contribution in [0.1, 0.15) is 45.1 Å². The fraction of sp³-hybridized carbons (Fsp3) is 0.393. The predicted octanol–water partition coefficient (Wildman–Crippen LogP) is 5.71. The number of ether oxygens (including phenoxy) is 2. The Morgan fingerprint density at radius 3 is 2.41 bits per heavy atom. The highest BCUT2D eigenvalue weighted by Gasteiger charge is 2.78. The molecule has 2 aliphatic rings. The van der Waals surface area contributed by atoms with Gasteiger partial charge in [0.15, 0.2) is 0 Å². The molecule has 0 radical (unpaired) electrons. The number of carboxylic acids is 1. The molecular formula is C28H29NO5. The largest absolute Gasteiger partial charge is 0.481 e. The average Bonchev–Trinajstić information content (AvgIpc) is 3.71. The van der Waals surface area contributed by atoms with Gasteiger partial charge in [0.1, 0.15) is 23.0 Å². The Kier molecular flexibility index (Phi) is 6.22. The van der Waals surface area contributed by atoms with Crippen LogP contribution in [0.25, 0.3) is 0 Å². The lowest BCUT2D eigenvalue weighted by Crippen LogP contribution is -2.28. The molecule has 2 aliphatic carbocycles. The van der Waals surface area contributed by atoms with Crippen LogP contribution in [0.2, 0.25) is 0 Å². The third kappa shape index (κ3) is 4.19. The van der Waals surface area contributed by atoms with Gasteiger partial charge in [0.05, 0.1) is 12.0 Å². The van der Waals surface area contributed by atoms with Crippen LogP contribution in [0.5, 0.6) is 11.5 Å². The maximum Gasteiger partial charge on any atom is 0.330 e. The topological polar surface area (TPSA) is 96.6 Å². The molecule has 2 saturated carbocycles. The molecule has 6 nitrogen and oxygen atoms in total. The Balaban J connectivity index is 1.59. The molecule has 176 valence electrons. The molecule has 0 bridgehead atoms. The van der Waals surface area contributed by atoms with Crippen molar-refractivity contribution < 1.29 is 24.2 Å². The maximum absolute atomic E-state index is 12.6. The zero-order chi connectivity index (χ0) is 24.5. The lowest BCUT2D eigenvalue weighted by atomic mass is 9.78. The number of hydrogen-bond acceptors (Lipinski definition) is 5. The Morgan fingerprint density at radius 2 is 1.79 bits per heavy atom. The summed E-state index contributed by atoms with van der Waals surface area (Å²) >= 11 is 0. The van der Waals surface area contributed by atoms with Crippen LogP contribution in [0.3, 0.4) is 0 Å². The molecule has 0 heterocycles. The van der Waals surface area contributed by atoms with Crippen LogP contribution in [0.4, 0.5) is 0 Å². The molecular weight excluding hydrogens is 430 g/mol. The van der Waals surface area contributed by atoms with Crippen LogP contribution in [0, 0.1) is 34.0 Å². The van der Waals surface area contributed by atoms with Crippen LogP contribution in [-0.2, 0) is 14.3 Å². The molecule has 0 amide bonds. The highest BCUT2D eigenvalue weighted by atomic mass is 16.5. The number of allylic oxidation sites excluding steroid dienone is 1. The molecule has 0 unspecified atom stereocenters. The van der Waals surface area contributed by atoms with E-state index in [0.717, 1.165) is 12.8 Å². The summed E-state index contributed by atoms with van der Waals surface area (Å²) in [5, 5.41) is 20.5. The Bertz CT molecular complexity index is 1140. The molecule has 0 aromatic heterocycles. The number of esters is 1. The van der Waals surface area contributed by atoms with E-state index in [9.17, 15) is 20.0 Å². The first-order chi connectivity index (χ1) is 16.2. The average molecular weight is 460 g/mol. The zero-order valence-electron chi connectivity index (χ0n) is 19.6. The predicted molar refractivity (Wildman–Crippen MR) is 126 cm³/mol. The van der Waals surface area contributed by atoms with Gasteiger partial charge >= 0.3 is 11.9 Å². The third-order valence-electron chi connectivity index (χ3n) is 7.37. The zero-order valence-corrected chi connectivity index (χ0v) is 19.6. The minimum Gasteiger partial charge on any atom is -0.481 e. The van der Waals surface area contributed by atoms with Crippen molar-refractivity contribution in [3.05, 3.63) is 72.3 Å². The first-order valence-corrected chi connectivity index (χ1v) is 11.6. The number of nitrogens with zero attached hydrogens (tertiary/aromatic N) is 1. The minimum atomic E-state index is -1.38. The smallest absolute Gasteiger partial charge is 0.330 e. The first-order valence-electron chi connectivity index (χ1n) is 11.6. The van der Waals surface area contributed by atoms with E-state index in [4.69, 9.17) is 9.47 Å². The third-order valence-corrected chi connectivity index (χ3v) is 7.37. The number of aliphatic carboxylic acids is 1. The van der Waals surface area contributed by atoms with Gasteiger partial charge in [-0.2, -0.15) is 5.26 Å². The SMILES string of the molecule is C[C@@H](OC(=O)/C=C\[C@H]1C(C)(C)[C@]1(C(=O)O)[C@@H](C#N)c1cccc(Oc2ccccc2)c1)C1CC1. The summed E-state index contributed by atoms with van der Waals surface area (Å²) in [6.07, 6.45) is 4.90. The number of nitriles is 1. The molecule has 4 atom stereocenters. The van der Waals surface area contributed by atoms with E-state index in [1.54, 1.807) is 30.3 Å². The standard InChI is InChI=1S/C28H29NO5/c1-18(19-12-13-19)33-25(30)15-14-24-27(2,3)28(24,26(31)32)23(17-29)20-8-7-11-22(16-20)34-21-9-5-4-6-10-21/h4-11,14-16,18-19,23-24H,12-13H2,1-3H3,(H,31,32)/b15-14-/t18-,23+,24+,28-/m1/s1. The van der Waals surface area contributed by atoms with Gasteiger partial charge in [-0.1, -0.05) is 50.3 Å². The molecule has 0 saturated heterocycles. The van der Waals surface area contributed by atoms with Gasteiger partial charge in [-0.15, -0.1) is 0 Å². The number of carbonyl (C=O) groups is 2.